The van der Waals surface area contributed by atoms with Crippen molar-refractivity contribution in [3.8, 4) is 0 Å². The Bertz CT molecular complexity index is 677. The van der Waals surface area contributed by atoms with E-state index < -0.39 is 0 Å². The third kappa shape index (κ3) is 5.71. The average Bonchev–Trinajstić information content (AvgIpc) is 3.18. The number of nitrogens with zero attached hydrogens (tertiary/aromatic N) is 1. The quantitative estimate of drug-likeness (QED) is 0.698. The van der Waals surface area contributed by atoms with Crippen LogP contribution in [-0.2, 0) is 0 Å². The van der Waals surface area contributed by atoms with Crippen molar-refractivity contribution in [1.82, 2.24) is 15.5 Å². The molecule has 1 heterocycles. The largest absolute Gasteiger partial charge is 0.349 e. The molecule has 3 rings (SSSR count). The summed E-state index contributed by atoms with van der Waals surface area (Å²) in [7, 11) is 0. The number of likely N-dealkylation sites (tertiary alicyclic amines) is 1. The zero-order chi connectivity index (χ0) is 19.9. The van der Waals surface area contributed by atoms with Gasteiger partial charge in [-0.15, -0.1) is 0 Å². The number of rotatable bonds is 6. The number of benzene rings is 1. The molecule has 0 atom stereocenters. The Morgan fingerprint density at radius 3 is 2.36 bits per heavy atom. The molecule has 3 amide bonds. The summed E-state index contributed by atoms with van der Waals surface area (Å²) in [6, 6.07) is 5.83. The molecule has 1 aromatic rings. The minimum Gasteiger partial charge on any atom is -0.349 e. The van der Waals surface area contributed by atoms with Crippen LogP contribution in [0.2, 0.25) is 0 Å². The standard InChI is InChI=1S/C22H34N4O2/c1-3-12-26-13-10-19(11-14-26)24-22(28)25-20-9-8-17(15-16(20)2)21(27)23-18-6-4-5-7-18/h8-9,15,18-19H,3-7,10-14H2,1-2H3,(H,23,27)(H2,24,25,28). The van der Waals surface area contributed by atoms with E-state index in [-0.39, 0.29) is 18.0 Å². The van der Waals surface area contributed by atoms with Gasteiger partial charge >= 0.3 is 6.03 Å². The van der Waals surface area contributed by atoms with E-state index >= 15 is 0 Å². The molecule has 28 heavy (non-hydrogen) atoms. The fourth-order valence-corrected chi connectivity index (χ4v) is 4.24. The number of carbonyl (C=O) groups is 2. The molecule has 0 spiro atoms. The summed E-state index contributed by atoms with van der Waals surface area (Å²) in [6.45, 7) is 7.35. The van der Waals surface area contributed by atoms with Crippen molar-refractivity contribution in [2.75, 3.05) is 25.0 Å². The summed E-state index contributed by atoms with van der Waals surface area (Å²) in [5.41, 5.74) is 2.30. The fraction of sp³-hybridized carbons (Fsp3) is 0.636. The van der Waals surface area contributed by atoms with E-state index in [0.29, 0.717) is 11.6 Å². The fourth-order valence-electron chi connectivity index (χ4n) is 4.24. The Labute approximate surface area is 168 Å². The van der Waals surface area contributed by atoms with Gasteiger partial charge in [0.2, 0.25) is 0 Å². The monoisotopic (exact) mass is 386 g/mol. The second kappa shape index (κ2) is 9.92. The van der Waals surface area contributed by atoms with Crippen LogP contribution in [0.25, 0.3) is 0 Å². The number of piperidine rings is 1. The minimum atomic E-state index is -0.166. The molecule has 2 aliphatic rings. The summed E-state index contributed by atoms with van der Waals surface area (Å²) in [6.07, 6.45) is 7.69. The summed E-state index contributed by atoms with van der Waals surface area (Å²) in [4.78, 5) is 27.2. The van der Waals surface area contributed by atoms with Gasteiger partial charge in [-0.3, -0.25) is 4.79 Å². The van der Waals surface area contributed by atoms with E-state index in [1.807, 2.05) is 19.1 Å². The maximum Gasteiger partial charge on any atom is 0.319 e. The first-order valence-corrected chi connectivity index (χ1v) is 10.8. The van der Waals surface area contributed by atoms with Gasteiger partial charge in [-0.05, 0) is 69.3 Å². The molecule has 1 aromatic carbocycles. The minimum absolute atomic E-state index is 0.0233. The lowest BCUT2D eigenvalue weighted by Gasteiger charge is -2.32. The van der Waals surface area contributed by atoms with Gasteiger partial charge < -0.3 is 20.9 Å². The Morgan fingerprint density at radius 2 is 1.71 bits per heavy atom. The van der Waals surface area contributed by atoms with Crippen molar-refractivity contribution >= 4 is 17.6 Å². The first-order valence-electron chi connectivity index (χ1n) is 10.8. The third-order valence-electron chi connectivity index (χ3n) is 5.89. The van der Waals surface area contributed by atoms with Crippen LogP contribution in [-0.4, -0.2) is 48.6 Å². The summed E-state index contributed by atoms with van der Waals surface area (Å²) >= 11 is 0. The molecule has 1 aliphatic heterocycles. The zero-order valence-electron chi connectivity index (χ0n) is 17.2. The van der Waals surface area contributed by atoms with Gasteiger partial charge in [0.1, 0.15) is 0 Å². The van der Waals surface area contributed by atoms with Crippen LogP contribution in [0, 0.1) is 6.92 Å². The van der Waals surface area contributed by atoms with E-state index in [4.69, 9.17) is 0 Å². The van der Waals surface area contributed by atoms with Crippen molar-refractivity contribution < 1.29 is 9.59 Å². The summed E-state index contributed by atoms with van der Waals surface area (Å²) < 4.78 is 0. The Morgan fingerprint density at radius 1 is 1.04 bits per heavy atom. The van der Waals surface area contributed by atoms with Crippen molar-refractivity contribution in [2.45, 2.75) is 70.9 Å². The maximum atomic E-state index is 12.4. The summed E-state index contributed by atoms with van der Waals surface area (Å²) in [5.74, 6) is -0.0233. The molecule has 154 valence electrons. The molecular formula is C22H34N4O2. The van der Waals surface area contributed by atoms with E-state index in [9.17, 15) is 9.59 Å². The molecule has 0 radical (unpaired) electrons. The van der Waals surface area contributed by atoms with Gasteiger partial charge in [-0.1, -0.05) is 19.8 Å². The molecule has 0 aromatic heterocycles. The van der Waals surface area contributed by atoms with Gasteiger partial charge in [-0.25, -0.2) is 4.79 Å². The molecule has 1 saturated heterocycles. The van der Waals surface area contributed by atoms with Crippen LogP contribution in [0.15, 0.2) is 18.2 Å². The number of aryl methyl sites for hydroxylation is 1. The predicted molar refractivity (Wildman–Crippen MR) is 113 cm³/mol. The van der Waals surface area contributed by atoms with Crippen LogP contribution < -0.4 is 16.0 Å². The highest BCUT2D eigenvalue weighted by Crippen LogP contribution is 2.20. The van der Waals surface area contributed by atoms with E-state index in [1.54, 1.807) is 6.07 Å². The molecule has 6 nitrogen and oxygen atoms in total. The SMILES string of the molecule is CCCN1CCC(NC(=O)Nc2ccc(C(=O)NC3CCCC3)cc2C)CC1. The molecule has 6 heteroatoms. The van der Waals surface area contributed by atoms with E-state index in [0.717, 1.165) is 56.6 Å². The highest BCUT2D eigenvalue weighted by molar-refractivity contribution is 5.96. The second-order valence-electron chi connectivity index (χ2n) is 8.20. The molecule has 0 unspecified atom stereocenters. The van der Waals surface area contributed by atoms with Crippen molar-refractivity contribution in [1.29, 1.82) is 0 Å². The Kier molecular flexibility index (Phi) is 7.31. The molecule has 1 aliphatic carbocycles. The van der Waals surface area contributed by atoms with Crippen LogP contribution in [0.3, 0.4) is 0 Å². The van der Waals surface area contributed by atoms with Gasteiger partial charge in [0.05, 0.1) is 0 Å². The number of nitrogens with one attached hydrogen (secondary N) is 3. The van der Waals surface area contributed by atoms with Gasteiger partial charge in [0.15, 0.2) is 0 Å². The van der Waals surface area contributed by atoms with Crippen LogP contribution in [0.1, 0.15) is 67.8 Å². The average molecular weight is 387 g/mol. The van der Waals surface area contributed by atoms with Gasteiger partial charge in [0, 0.05) is 36.4 Å². The highest BCUT2D eigenvalue weighted by Gasteiger charge is 2.21. The number of carbonyl (C=O) groups excluding carboxylic acids is 2. The Hall–Kier alpha value is -2.08. The number of urea groups is 1. The predicted octanol–water partition coefficient (Wildman–Crippen LogP) is 3.66. The maximum absolute atomic E-state index is 12.4. The van der Waals surface area contributed by atoms with Crippen molar-refractivity contribution in [2.24, 2.45) is 0 Å². The molecule has 2 fully saturated rings. The number of anilines is 1. The van der Waals surface area contributed by atoms with Crippen molar-refractivity contribution in [3.63, 3.8) is 0 Å². The molecule has 0 bridgehead atoms. The molecular weight excluding hydrogens is 352 g/mol. The zero-order valence-corrected chi connectivity index (χ0v) is 17.2. The normalized spacial score (nSPS) is 18.8. The topological polar surface area (TPSA) is 73.5 Å². The van der Waals surface area contributed by atoms with Crippen LogP contribution in [0.4, 0.5) is 10.5 Å². The van der Waals surface area contributed by atoms with Crippen molar-refractivity contribution in [3.05, 3.63) is 29.3 Å². The Balaban J connectivity index is 1.48. The molecule has 1 saturated carbocycles. The number of hydrogen-bond donors (Lipinski definition) is 3. The van der Waals surface area contributed by atoms with Gasteiger partial charge in [0.25, 0.3) is 5.91 Å². The molecule has 3 N–H and O–H groups in total. The first kappa shape index (κ1) is 20.6. The first-order chi connectivity index (χ1) is 13.5. The van der Waals surface area contributed by atoms with E-state index in [2.05, 4.69) is 27.8 Å². The smallest absolute Gasteiger partial charge is 0.319 e. The van der Waals surface area contributed by atoms with Crippen LogP contribution in [0.5, 0.6) is 0 Å². The number of amides is 3. The third-order valence-corrected chi connectivity index (χ3v) is 5.89. The lowest BCUT2D eigenvalue weighted by molar-refractivity contribution is 0.0938. The summed E-state index contributed by atoms with van der Waals surface area (Å²) in [5, 5.41) is 9.13. The number of hydrogen-bond acceptors (Lipinski definition) is 3. The highest BCUT2D eigenvalue weighted by atomic mass is 16.2. The van der Waals surface area contributed by atoms with E-state index in [1.165, 1.54) is 19.3 Å². The van der Waals surface area contributed by atoms with Gasteiger partial charge in [-0.2, -0.15) is 0 Å². The lowest BCUT2D eigenvalue weighted by Crippen LogP contribution is -2.46. The van der Waals surface area contributed by atoms with Crippen LogP contribution >= 0.6 is 0 Å². The second-order valence-corrected chi connectivity index (χ2v) is 8.20. The lowest BCUT2D eigenvalue weighted by atomic mass is 10.1.